The lowest BCUT2D eigenvalue weighted by Gasteiger charge is -2.21. The third-order valence-electron chi connectivity index (χ3n) is 3.64. The van der Waals surface area contributed by atoms with E-state index in [9.17, 15) is 13.2 Å². The first-order chi connectivity index (χ1) is 10.5. The molecule has 1 heterocycles. The molecule has 1 amide bonds. The lowest BCUT2D eigenvalue weighted by atomic mass is 9.99. The van der Waals surface area contributed by atoms with E-state index >= 15 is 0 Å². The topological polar surface area (TPSA) is 87.3 Å². The van der Waals surface area contributed by atoms with Crippen molar-refractivity contribution in [2.24, 2.45) is 5.92 Å². The number of hydrogen-bond acceptors (Lipinski definition) is 4. The fraction of sp³-hybridized carbons (Fsp3) is 0.533. The average Bonchev–Trinajstić information content (AvgIpc) is 2.54. The van der Waals surface area contributed by atoms with Gasteiger partial charge in [0.1, 0.15) is 0 Å². The lowest BCUT2D eigenvalue weighted by molar-refractivity contribution is -0.120. The molecule has 0 aromatic heterocycles. The van der Waals surface area contributed by atoms with E-state index in [4.69, 9.17) is 0 Å². The van der Waals surface area contributed by atoms with Gasteiger partial charge in [-0.25, -0.2) is 13.1 Å². The first kappa shape index (κ1) is 16.9. The van der Waals surface area contributed by atoms with Crippen LogP contribution >= 0.6 is 0 Å². The van der Waals surface area contributed by atoms with Crippen molar-refractivity contribution in [1.29, 1.82) is 0 Å². The SMILES string of the molecule is CCCNS(=O)(=O)c1ccc(NC(=O)C2CCCNC2)cc1. The van der Waals surface area contributed by atoms with E-state index < -0.39 is 10.0 Å². The number of piperidine rings is 1. The molecule has 0 radical (unpaired) electrons. The van der Waals surface area contributed by atoms with Crippen molar-refractivity contribution in [2.45, 2.75) is 31.1 Å². The van der Waals surface area contributed by atoms with Crippen LogP contribution in [-0.2, 0) is 14.8 Å². The summed E-state index contributed by atoms with van der Waals surface area (Å²) in [4.78, 5) is 12.3. The molecule has 1 unspecified atom stereocenters. The van der Waals surface area contributed by atoms with Gasteiger partial charge in [-0.15, -0.1) is 0 Å². The normalized spacial score (nSPS) is 18.9. The number of hydrogen-bond donors (Lipinski definition) is 3. The smallest absolute Gasteiger partial charge is 0.240 e. The summed E-state index contributed by atoms with van der Waals surface area (Å²) >= 11 is 0. The highest BCUT2D eigenvalue weighted by Gasteiger charge is 2.21. The maximum Gasteiger partial charge on any atom is 0.240 e. The molecule has 1 aliphatic heterocycles. The van der Waals surface area contributed by atoms with Crippen LogP contribution in [0.2, 0.25) is 0 Å². The highest BCUT2D eigenvalue weighted by atomic mass is 32.2. The number of carbonyl (C=O) groups excluding carboxylic acids is 1. The number of sulfonamides is 1. The Morgan fingerprint density at radius 2 is 2.05 bits per heavy atom. The molecular formula is C15H23N3O3S. The molecule has 1 aliphatic rings. The fourth-order valence-electron chi connectivity index (χ4n) is 2.36. The zero-order valence-electron chi connectivity index (χ0n) is 12.8. The maximum absolute atomic E-state index is 12.1. The van der Waals surface area contributed by atoms with E-state index in [1.54, 1.807) is 12.1 Å². The number of amides is 1. The molecule has 6 nitrogen and oxygen atoms in total. The third-order valence-corrected chi connectivity index (χ3v) is 5.12. The summed E-state index contributed by atoms with van der Waals surface area (Å²) < 4.78 is 26.4. The number of carbonyl (C=O) groups is 1. The van der Waals surface area contributed by atoms with Crippen LogP contribution in [0.3, 0.4) is 0 Å². The molecular weight excluding hydrogens is 302 g/mol. The van der Waals surface area contributed by atoms with Crippen molar-refractivity contribution in [1.82, 2.24) is 10.0 Å². The van der Waals surface area contributed by atoms with Gasteiger partial charge in [0.25, 0.3) is 0 Å². The van der Waals surface area contributed by atoms with Gasteiger partial charge in [0.2, 0.25) is 15.9 Å². The van der Waals surface area contributed by atoms with Crippen LogP contribution in [0.5, 0.6) is 0 Å². The average molecular weight is 325 g/mol. The summed E-state index contributed by atoms with van der Waals surface area (Å²) in [6.07, 6.45) is 2.62. The minimum absolute atomic E-state index is 0.0214. The molecule has 3 N–H and O–H groups in total. The Kier molecular flexibility index (Phi) is 5.93. The first-order valence-corrected chi connectivity index (χ1v) is 9.12. The molecule has 1 aromatic carbocycles. The minimum Gasteiger partial charge on any atom is -0.326 e. The maximum atomic E-state index is 12.1. The van der Waals surface area contributed by atoms with Crippen LogP contribution in [0, 0.1) is 5.92 Å². The summed E-state index contributed by atoms with van der Waals surface area (Å²) in [7, 11) is -3.46. The predicted molar refractivity (Wildman–Crippen MR) is 86.1 cm³/mol. The molecule has 1 fully saturated rings. The quantitative estimate of drug-likeness (QED) is 0.736. The molecule has 0 bridgehead atoms. The summed E-state index contributed by atoms with van der Waals surface area (Å²) in [5.41, 5.74) is 0.616. The monoisotopic (exact) mass is 325 g/mol. The molecule has 122 valence electrons. The molecule has 0 saturated carbocycles. The molecule has 1 saturated heterocycles. The second-order valence-electron chi connectivity index (χ2n) is 5.45. The Balaban J connectivity index is 1.98. The van der Waals surface area contributed by atoms with Crippen molar-refractivity contribution in [3.8, 4) is 0 Å². The van der Waals surface area contributed by atoms with Gasteiger partial charge in [0.05, 0.1) is 10.8 Å². The van der Waals surface area contributed by atoms with E-state index in [2.05, 4.69) is 15.4 Å². The lowest BCUT2D eigenvalue weighted by Crippen LogP contribution is -2.37. The molecule has 2 rings (SSSR count). The number of benzene rings is 1. The van der Waals surface area contributed by atoms with Gasteiger partial charge in [0, 0.05) is 18.8 Å². The zero-order valence-corrected chi connectivity index (χ0v) is 13.6. The first-order valence-electron chi connectivity index (χ1n) is 7.64. The van der Waals surface area contributed by atoms with Crippen LogP contribution < -0.4 is 15.4 Å². The number of rotatable bonds is 6. The molecule has 1 atom stereocenters. The van der Waals surface area contributed by atoms with E-state index in [0.29, 0.717) is 18.8 Å². The van der Waals surface area contributed by atoms with Crippen molar-refractivity contribution in [2.75, 3.05) is 25.0 Å². The van der Waals surface area contributed by atoms with Gasteiger partial charge in [-0.05, 0) is 50.1 Å². The van der Waals surface area contributed by atoms with Crippen LogP contribution in [0.1, 0.15) is 26.2 Å². The fourth-order valence-corrected chi connectivity index (χ4v) is 3.49. The van der Waals surface area contributed by atoms with Crippen LogP contribution in [0.25, 0.3) is 0 Å². The molecule has 0 spiro atoms. The molecule has 22 heavy (non-hydrogen) atoms. The zero-order chi connectivity index (χ0) is 16.0. The molecule has 1 aromatic rings. The summed E-state index contributed by atoms with van der Waals surface area (Å²) in [6.45, 7) is 3.97. The third kappa shape index (κ3) is 4.53. The Hall–Kier alpha value is -1.44. The Morgan fingerprint density at radius 1 is 1.32 bits per heavy atom. The van der Waals surface area contributed by atoms with Crippen LogP contribution in [0.4, 0.5) is 5.69 Å². The molecule has 7 heteroatoms. The van der Waals surface area contributed by atoms with Gasteiger partial charge in [-0.1, -0.05) is 6.92 Å². The Morgan fingerprint density at radius 3 is 2.64 bits per heavy atom. The highest BCUT2D eigenvalue weighted by Crippen LogP contribution is 2.17. The van der Waals surface area contributed by atoms with Gasteiger partial charge in [0.15, 0.2) is 0 Å². The second-order valence-corrected chi connectivity index (χ2v) is 7.22. The minimum atomic E-state index is -3.46. The predicted octanol–water partition coefficient (Wildman–Crippen LogP) is 1.31. The Bertz CT molecular complexity index is 593. The standard InChI is InChI=1S/C15H23N3O3S/c1-2-9-17-22(20,21)14-7-5-13(6-8-14)18-15(19)12-4-3-10-16-11-12/h5-8,12,16-17H,2-4,9-11H2,1H3,(H,18,19). The van der Waals surface area contributed by atoms with Gasteiger partial charge in [-0.2, -0.15) is 0 Å². The van der Waals surface area contributed by atoms with Crippen molar-refractivity contribution in [3.63, 3.8) is 0 Å². The summed E-state index contributed by atoms with van der Waals surface area (Å²) in [5.74, 6) is -0.0460. The van der Waals surface area contributed by atoms with E-state index in [0.717, 1.165) is 25.8 Å². The van der Waals surface area contributed by atoms with Crippen LogP contribution in [-0.4, -0.2) is 34.0 Å². The number of nitrogens with one attached hydrogen (secondary N) is 3. The largest absolute Gasteiger partial charge is 0.326 e. The summed E-state index contributed by atoms with van der Waals surface area (Å²) in [5, 5.41) is 6.04. The van der Waals surface area contributed by atoms with Crippen LogP contribution in [0.15, 0.2) is 29.2 Å². The highest BCUT2D eigenvalue weighted by molar-refractivity contribution is 7.89. The second kappa shape index (κ2) is 7.71. The van der Waals surface area contributed by atoms with E-state index in [1.807, 2.05) is 6.92 Å². The van der Waals surface area contributed by atoms with Crippen molar-refractivity contribution < 1.29 is 13.2 Å². The molecule has 0 aliphatic carbocycles. The van der Waals surface area contributed by atoms with Gasteiger partial charge < -0.3 is 10.6 Å². The summed E-state index contributed by atoms with van der Waals surface area (Å²) in [6, 6.07) is 6.25. The van der Waals surface area contributed by atoms with Gasteiger partial charge >= 0.3 is 0 Å². The van der Waals surface area contributed by atoms with Gasteiger partial charge in [-0.3, -0.25) is 4.79 Å². The van der Waals surface area contributed by atoms with E-state index in [-0.39, 0.29) is 16.7 Å². The Labute approximate surface area is 131 Å². The number of anilines is 1. The van der Waals surface area contributed by atoms with E-state index in [1.165, 1.54) is 12.1 Å². The van der Waals surface area contributed by atoms with Crippen molar-refractivity contribution in [3.05, 3.63) is 24.3 Å². The van der Waals surface area contributed by atoms with Crippen molar-refractivity contribution >= 4 is 21.6 Å².